The van der Waals surface area contributed by atoms with Gasteiger partial charge in [0.1, 0.15) is 0 Å². The molecule has 0 spiro atoms. The van der Waals surface area contributed by atoms with Crippen LogP contribution in [0.5, 0.6) is 0 Å². The summed E-state index contributed by atoms with van der Waals surface area (Å²) in [6.45, 7) is 2.97. The molecule has 2 atom stereocenters. The van der Waals surface area contributed by atoms with Gasteiger partial charge in [-0.25, -0.2) is 0 Å². The van der Waals surface area contributed by atoms with Crippen LogP contribution >= 0.6 is 0 Å². The molecule has 1 saturated carbocycles. The van der Waals surface area contributed by atoms with Gasteiger partial charge in [0.2, 0.25) is 11.8 Å². The Balaban J connectivity index is 1.96. The van der Waals surface area contributed by atoms with Gasteiger partial charge >= 0.3 is 0 Å². The molecule has 4 heteroatoms. The summed E-state index contributed by atoms with van der Waals surface area (Å²) in [5.74, 6) is 1.13. The van der Waals surface area contributed by atoms with E-state index in [1.807, 2.05) is 0 Å². The van der Waals surface area contributed by atoms with Crippen LogP contribution in [-0.2, 0) is 9.59 Å². The highest BCUT2D eigenvalue weighted by molar-refractivity contribution is 5.77. The van der Waals surface area contributed by atoms with Crippen molar-refractivity contribution in [3.63, 3.8) is 0 Å². The molecule has 3 N–H and O–H groups in total. The standard InChI is InChI=1S/C10H18N2O2/c1-7-5-8(7)6-12-10(14)4-2-3-9(11)13/h7-8H,2-6H2,1H3,(H2,11,13)(H,12,14). The molecule has 1 fully saturated rings. The number of amides is 2. The van der Waals surface area contributed by atoms with Crippen LogP contribution in [0.4, 0.5) is 0 Å². The van der Waals surface area contributed by atoms with Crippen molar-refractivity contribution in [3.05, 3.63) is 0 Å². The van der Waals surface area contributed by atoms with Gasteiger partial charge in [-0.05, 0) is 24.7 Å². The smallest absolute Gasteiger partial charge is 0.220 e. The summed E-state index contributed by atoms with van der Waals surface area (Å²) in [5, 5.41) is 2.86. The van der Waals surface area contributed by atoms with E-state index in [0.717, 1.165) is 12.5 Å². The number of nitrogens with two attached hydrogens (primary N) is 1. The van der Waals surface area contributed by atoms with Gasteiger partial charge in [0.25, 0.3) is 0 Å². The lowest BCUT2D eigenvalue weighted by Gasteiger charge is -2.02. The van der Waals surface area contributed by atoms with Gasteiger partial charge in [0.15, 0.2) is 0 Å². The molecule has 0 saturated heterocycles. The number of hydrogen-bond acceptors (Lipinski definition) is 2. The van der Waals surface area contributed by atoms with E-state index in [4.69, 9.17) is 5.73 Å². The number of hydrogen-bond donors (Lipinski definition) is 2. The van der Waals surface area contributed by atoms with E-state index in [2.05, 4.69) is 12.2 Å². The van der Waals surface area contributed by atoms with Gasteiger partial charge in [-0.3, -0.25) is 9.59 Å². The minimum Gasteiger partial charge on any atom is -0.370 e. The lowest BCUT2D eigenvalue weighted by Crippen LogP contribution is -2.25. The number of rotatable bonds is 6. The summed E-state index contributed by atoms with van der Waals surface area (Å²) in [7, 11) is 0. The quantitative estimate of drug-likeness (QED) is 0.649. The van der Waals surface area contributed by atoms with E-state index < -0.39 is 0 Å². The predicted octanol–water partition coefficient (Wildman–Crippen LogP) is 0.414. The first-order valence-corrected chi connectivity index (χ1v) is 5.14. The Hall–Kier alpha value is -1.06. The molecule has 0 aliphatic heterocycles. The maximum atomic E-state index is 11.2. The van der Waals surface area contributed by atoms with Gasteiger partial charge in [-0.2, -0.15) is 0 Å². The van der Waals surface area contributed by atoms with Crippen molar-refractivity contribution in [1.29, 1.82) is 0 Å². The van der Waals surface area contributed by atoms with Crippen molar-refractivity contribution in [1.82, 2.24) is 5.32 Å². The largest absolute Gasteiger partial charge is 0.370 e. The summed E-state index contributed by atoms with van der Waals surface area (Å²) in [6.07, 6.45) is 2.49. The SMILES string of the molecule is CC1CC1CNC(=O)CCCC(N)=O. The fourth-order valence-corrected chi connectivity index (χ4v) is 1.44. The first-order valence-electron chi connectivity index (χ1n) is 5.14. The third-order valence-corrected chi connectivity index (χ3v) is 2.66. The minimum absolute atomic E-state index is 0.0327. The van der Waals surface area contributed by atoms with E-state index in [1.165, 1.54) is 6.42 Å². The van der Waals surface area contributed by atoms with Crippen LogP contribution in [0.25, 0.3) is 0 Å². The van der Waals surface area contributed by atoms with E-state index in [-0.39, 0.29) is 11.8 Å². The highest BCUT2D eigenvalue weighted by atomic mass is 16.2. The Morgan fingerprint density at radius 3 is 2.57 bits per heavy atom. The first kappa shape index (κ1) is 11.0. The van der Waals surface area contributed by atoms with Crippen LogP contribution in [0, 0.1) is 11.8 Å². The molecule has 14 heavy (non-hydrogen) atoms. The molecule has 2 unspecified atom stereocenters. The minimum atomic E-state index is -0.339. The third kappa shape index (κ3) is 4.25. The molecule has 1 aliphatic carbocycles. The Bertz CT molecular complexity index is 228. The molecule has 0 heterocycles. The van der Waals surface area contributed by atoms with Gasteiger partial charge in [0.05, 0.1) is 0 Å². The molecule has 0 aromatic rings. The second-order valence-corrected chi connectivity index (χ2v) is 4.10. The van der Waals surface area contributed by atoms with Crippen LogP contribution < -0.4 is 11.1 Å². The second kappa shape index (κ2) is 4.98. The maximum Gasteiger partial charge on any atom is 0.220 e. The normalized spacial score (nSPS) is 24.4. The molecule has 4 nitrogen and oxygen atoms in total. The number of primary amides is 1. The van der Waals surface area contributed by atoms with Gasteiger partial charge in [-0.15, -0.1) is 0 Å². The number of nitrogens with one attached hydrogen (secondary N) is 1. The second-order valence-electron chi connectivity index (χ2n) is 4.10. The average molecular weight is 198 g/mol. The number of carbonyl (C=O) groups excluding carboxylic acids is 2. The molecule has 1 rings (SSSR count). The van der Waals surface area contributed by atoms with E-state index in [1.54, 1.807) is 0 Å². The summed E-state index contributed by atoms with van der Waals surface area (Å²) in [5.41, 5.74) is 4.96. The zero-order chi connectivity index (χ0) is 10.6. The van der Waals surface area contributed by atoms with Crippen molar-refractivity contribution >= 4 is 11.8 Å². The van der Waals surface area contributed by atoms with E-state index >= 15 is 0 Å². The summed E-state index contributed by atoms with van der Waals surface area (Å²) >= 11 is 0. The van der Waals surface area contributed by atoms with Crippen molar-refractivity contribution < 1.29 is 9.59 Å². The molecular weight excluding hydrogens is 180 g/mol. The number of carbonyl (C=O) groups is 2. The average Bonchev–Trinajstić information content (AvgIpc) is 2.78. The van der Waals surface area contributed by atoms with Crippen LogP contribution in [-0.4, -0.2) is 18.4 Å². The Morgan fingerprint density at radius 2 is 2.07 bits per heavy atom. The monoisotopic (exact) mass is 198 g/mol. The van der Waals surface area contributed by atoms with Crippen molar-refractivity contribution in [2.24, 2.45) is 17.6 Å². The molecule has 0 bridgehead atoms. The van der Waals surface area contributed by atoms with Crippen molar-refractivity contribution in [3.8, 4) is 0 Å². The topological polar surface area (TPSA) is 72.2 Å². The van der Waals surface area contributed by atoms with Crippen LogP contribution in [0.1, 0.15) is 32.6 Å². The van der Waals surface area contributed by atoms with Gasteiger partial charge in [0, 0.05) is 19.4 Å². The zero-order valence-corrected chi connectivity index (χ0v) is 8.58. The predicted molar refractivity (Wildman–Crippen MR) is 53.3 cm³/mol. The van der Waals surface area contributed by atoms with Crippen molar-refractivity contribution in [2.45, 2.75) is 32.6 Å². The molecule has 0 radical (unpaired) electrons. The summed E-state index contributed by atoms with van der Waals surface area (Å²) < 4.78 is 0. The lowest BCUT2D eigenvalue weighted by molar-refractivity contribution is -0.121. The lowest BCUT2D eigenvalue weighted by atomic mass is 10.2. The molecule has 80 valence electrons. The van der Waals surface area contributed by atoms with Crippen LogP contribution in [0.15, 0.2) is 0 Å². The molecular formula is C10H18N2O2. The van der Waals surface area contributed by atoms with Crippen LogP contribution in [0.2, 0.25) is 0 Å². The Kier molecular flexibility index (Phi) is 3.92. The van der Waals surface area contributed by atoms with E-state index in [9.17, 15) is 9.59 Å². The fourth-order valence-electron chi connectivity index (χ4n) is 1.44. The molecule has 0 aromatic carbocycles. The Morgan fingerprint density at radius 1 is 1.43 bits per heavy atom. The summed E-state index contributed by atoms with van der Waals surface area (Å²) in [6, 6.07) is 0. The summed E-state index contributed by atoms with van der Waals surface area (Å²) in [4.78, 5) is 21.6. The molecule has 0 aromatic heterocycles. The van der Waals surface area contributed by atoms with Crippen LogP contribution in [0.3, 0.4) is 0 Å². The third-order valence-electron chi connectivity index (χ3n) is 2.66. The van der Waals surface area contributed by atoms with Gasteiger partial charge < -0.3 is 11.1 Å². The first-order chi connectivity index (χ1) is 6.59. The highest BCUT2D eigenvalue weighted by Gasteiger charge is 2.32. The Labute approximate surface area is 84.2 Å². The fraction of sp³-hybridized carbons (Fsp3) is 0.800. The van der Waals surface area contributed by atoms with Crippen molar-refractivity contribution in [2.75, 3.05) is 6.54 Å². The highest BCUT2D eigenvalue weighted by Crippen LogP contribution is 2.36. The molecule has 1 aliphatic rings. The molecule has 2 amide bonds. The zero-order valence-electron chi connectivity index (χ0n) is 8.58. The maximum absolute atomic E-state index is 11.2. The van der Waals surface area contributed by atoms with E-state index in [0.29, 0.717) is 25.2 Å². The van der Waals surface area contributed by atoms with Gasteiger partial charge in [-0.1, -0.05) is 6.92 Å².